The van der Waals surface area contributed by atoms with E-state index in [9.17, 15) is 18.0 Å². The molecular weight excluding hydrogens is 481 g/mol. The zero-order chi connectivity index (χ0) is 25.5. The average molecular weight is 511 g/mol. The number of rotatable bonds is 9. The Balaban J connectivity index is 1.29. The second kappa shape index (κ2) is 11.7. The van der Waals surface area contributed by atoms with Crippen LogP contribution in [0.1, 0.15) is 43.5 Å². The van der Waals surface area contributed by atoms with Crippen molar-refractivity contribution in [2.45, 2.75) is 63.0 Å². The first-order valence-electron chi connectivity index (χ1n) is 11.9. The number of urea groups is 1. The minimum atomic E-state index is -4.55. The standard InChI is InChI=1S/C24H29F3N4O5/c25-24(26,27)15-3-8-20(35-18-13-34-14-18)19(12-15)30-23(33)29-16-4-6-17(7-5-16)36-22-9-10-28-21(31-22)2-1-11-32/h3,8-10,12,16-18,32H,1-2,4-7,11,13-14H2,(H2,29,30,33). The second-order valence-electron chi connectivity index (χ2n) is 8.81. The van der Waals surface area contributed by atoms with Crippen LogP contribution in [0.5, 0.6) is 11.6 Å². The van der Waals surface area contributed by atoms with Gasteiger partial charge in [-0.25, -0.2) is 9.78 Å². The summed E-state index contributed by atoms with van der Waals surface area (Å²) in [6, 6.07) is 3.94. The molecule has 1 aromatic heterocycles. The molecule has 1 saturated carbocycles. The monoisotopic (exact) mass is 510 g/mol. The number of halogens is 3. The van der Waals surface area contributed by atoms with Gasteiger partial charge < -0.3 is 30.0 Å². The molecule has 196 valence electrons. The van der Waals surface area contributed by atoms with E-state index in [1.807, 2.05) is 0 Å². The fourth-order valence-corrected chi connectivity index (χ4v) is 4.01. The van der Waals surface area contributed by atoms with Gasteiger partial charge in [-0.15, -0.1) is 0 Å². The van der Waals surface area contributed by atoms with Crippen LogP contribution in [0.4, 0.5) is 23.7 Å². The molecule has 12 heteroatoms. The number of benzene rings is 1. The highest BCUT2D eigenvalue weighted by Crippen LogP contribution is 2.36. The minimum Gasteiger partial charge on any atom is -0.483 e. The summed E-state index contributed by atoms with van der Waals surface area (Å²) < 4.78 is 56.3. The molecule has 2 aliphatic rings. The molecule has 0 bridgehead atoms. The molecule has 3 N–H and O–H groups in total. The van der Waals surface area contributed by atoms with Gasteiger partial charge in [0.2, 0.25) is 5.88 Å². The smallest absolute Gasteiger partial charge is 0.416 e. The lowest BCUT2D eigenvalue weighted by atomic mass is 9.93. The first-order valence-corrected chi connectivity index (χ1v) is 11.9. The predicted molar refractivity (Wildman–Crippen MR) is 123 cm³/mol. The fourth-order valence-electron chi connectivity index (χ4n) is 4.01. The Morgan fingerprint density at radius 3 is 2.56 bits per heavy atom. The molecule has 36 heavy (non-hydrogen) atoms. The van der Waals surface area contributed by atoms with E-state index in [1.165, 1.54) is 6.07 Å². The molecule has 1 saturated heterocycles. The topological polar surface area (TPSA) is 115 Å². The average Bonchev–Trinajstić information content (AvgIpc) is 2.81. The van der Waals surface area contributed by atoms with E-state index in [1.54, 1.807) is 12.3 Å². The van der Waals surface area contributed by atoms with Crippen molar-refractivity contribution in [3.05, 3.63) is 41.9 Å². The Kier molecular flexibility index (Phi) is 8.47. The van der Waals surface area contributed by atoms with Gasteiger partial charge in [-0.2, -0.15) is 18.2 Å². The van der Waals surface area contributed by atoms with Crippen molar-refractivity contribution in [3.8, 4) is 11.6 Å². The molecule has 0 radical (unpaired) electrons. The number of carbonyl (C=O) groups excluding carboxylic acids is 1. The summed E-state index contributed by atoms with van der Waals surface area (Å²) in [6.45, 7) is 0.754. The van der Waals surface area contributed by atoms with Crippen LogP contribution in [0.2, 0.25) is 0 Å². The molecule has 0 spiro atoms. The maximum atomic E-state index is 13.2. The highest BCUT2D eigenvalue weighted by Gasteiger charge is 2.32. The van der Waals surface area contributed by atoms with Crippen molar-refractivity contribution in [2.75, 3.05) is 25.1 Å². The Hall–Kier alpha value is -3.12. The molecule has 2 amide bonds. The predicted octanol–water partition coefficient (Wildman–Crippen LogP) is 3.71. The second-order valence-corrected chi connectivity index (χ2v) is 8.81. The Labute approximate surface area is 206 Å². The number of aliphatic hydroxyl groups excluding tert-OH is 1. The van der Waals surface area contributed by atoms with Gasteiger partial charge in [-0.1, -0.05) is 0 Å². The van der Waals surface area contributed by atoms with Crippen molar-refractivity contribution in [1.82, 2.24) is 15.3 Å². The van der Waals surface area contributed by atoms with Crippen LogP contribution in [0.3, 0.4) is 0 Å². The SMILES string of the molecule is O=C(Nc1cc(C(F)(F)F)ccc1OC1COC1)NC1CCC(Oc2ccnc(CCCO)n2)CC1. The molecule has 2 fully saturated rings. The van der Waals surface area contributed by atoms with E-state index >= 15 is 0 Å². The van der Waals surface area contributed by atoms with Gasteiger partial charge in [-0.05, 0) is 50.3 Å². The molecule has 0 atom stereocenters. The van der Waals surface area contributed by atoms with Gasteiger partial charge in [0, 0.05) is 31.3 Å². The Morgan fingerprint density at radius 2 is 1.89 bits per heavy atom. The van der Waals surface area contributed by atoms with E-state index in [0.29, 0.717) is 63.4 Å². The lowest BCUT2D eigenvalue weighted by molar-refractivity contribution is -0.137. The van der Waals surface area contributed by atoms with Crippen LogP contribution in [-0.4, -0.2) is 59.2 Å². The number of carbonyl (C=O) groups is 1. The molecule has 1 aromatic carbocycles. The normalized spacial score (nSPS) is 20.3. The lowest BCUT2D eigenvalue weighted by Gasteiger charge is -2.30. The van der Waals surface area contributed by atoms with Gasteiger partial charge in [-0.3, -0.25) is 0 Å². The third-order valence-corrected chi connectivity index (χ3v) is 5.99. The quantitative estimate of drug-likeness (QED) is 0.471. The van der Waals surface area contributed by atoms with Gasteiger partial charge in [0.15, 0.2) is 0 Å². The maximum absolute atomic E-state index is 13.2. The zero-order valence-corrected chi connectivity index (χ0v) is 19.6. The Bertz CT molecular complexity index is 1030. The van der Waals surface area contributed by atoms with Crippen LogP contribution >= 0.6 is 0 Å². The number of alkyl halides is 3. The van der Waals surface area contributed by atoms with E-state index in [2.05, 4.69) is 20.6 Å². The summed E-state index contributed by atoms with van der Waals surface area (Å²) in [7, 11) is 0. The van der Waals surface area contributed by atoms with Crippen molar-refractivity contribution in [2.24, 2.45) is 0 Å². The number of nitrogens with one attached hydrogen (secondary N) is 2. The van der Waals surface area contributed by atoms with E-state index in [0.717, 1.165) is 12.1 Å². The van der Waals surface area contributed by atoms with E-state index in [4.69, 9.17) is 19.3 Å². The van der Waals surface area contributed by atoms with Crippen molar-refractivity contribution >= 4 is 11.7 Å². The summed E-state index contributed by atoms with van der Waals surface area (Å²) >= 11 is 0. The summed E-state index contributed by atoms with van der Waals surface area (Å²) in [5.41, 5.74) is -0.927. The molecule has 0 unspecified atom stereocenters. The highest BCUT2D eigenvalue weighted by molar-refractivity contribution is 5.91. The largest absolute Gasteiger partial charge is 0.483 e. The van der Waals surface area contributed by atoms with Gasteiger partial charge in [0.05, 0.1) is 24.5 Å². The summed E-state index contributed by atoms with van der Waals surface area (Å²) in [6.07, 6.45) is 0.529. The van der Waals surface area contributed by atoms with E-state index in [-0.39, 0.29) is 36.3 Å². The number of aryl methyl sites for hydroxylation is 1. The number of amides is 2. The third-order valence-electron chi connectivity index (χ3n) is 5.99. The number of hydrogen-bond acceptors (Lipinski definition) is 7. The number of hydrogen-bond donors (Lipinski definition) is 3. The molecular formula is C24H29F3N4O5. The molecule has 4 rings (SSSR count). The van der Waals surface area contributed by atoms with Crippen molar-refractivity contribution in [3.63, 3.8) is 0 Å². The van der Waals surface area contributed by atoms with Crippen LogP contribution in [0.25, 0.3) is 0 Å². The van der Waals surface area contributed by atoms with Crippen molar-refractivity contribution < 1.29 is 37.3 Å². The van der Waals surface area contributed by atoms with Crippen LogP contribution in [0, 0.1) is 0 Å². The van der Waals surface area contributed by atoms with Crippen molar-refractivity contribution in [1.29, 1.82) is 0 Å². The molecule has 1 aliphatic carbocycles. The van der Waals surface area contributed by atoms with Gasteiger partial charge >= 0.3 is 12.2 Å². The number of nitrogens with zero attached hydrogens (tertiary/aromatic N) is 2. The number of aliphatic hydroxyl groups is 1. The fraction of sp³-hybridized carbons (Fsp3) is 0.542. The third kappa shape index (κ3) is 7.20. The molecule has 1 aliphatic heterocycles. The van der Waals surface area contributed by atoms with Crippen LogP contribution in [0.15, 0.2) is 30.5 Å². The Morgan fingerprint density at radius 1 is 1.11 bits per heavy atom. The summed E-state index contributed by atoms with van der Waals surface area (Å²) in [5, 5.41) is 14.3. The number of ether oxygens (including phenoxy) is 3. The minimum absolute atomic E-state index is 0.0491. The molecule has 2 heterocycles. The highest BCUT2D eigenvalue weighted by atomic mass is 19.4. The first kappa shape index (κ1) is 26.0. The van der Waals surface area contributed by atoms with Crippen LogP contribution in [-0.2, 0) is 17.3 Å². The number of aromatic nitrogens is 2. The molecule has 2 aromatic rings. The zero-order valence-electron chi connectivity index (χ0n) is 19.6. The molecule has 9 nitrogen and oxygen atoms in total. The van der Waals surface area contributed by atoms with Crippen LogP contribution < -0.4 is 20.1 Å². The van der Waals surface area contributed by atoms with Gasteiger partial charge in [0.25, 0.3) is 0 Å². The van der Waals surface area contributed by atoms with E-state index < -0.39 is 17.8 Å². The lowest BCUT2D eigenvalue weighted by Crippen LogP contribution is -2.42. The number of anilines is 1. The maximum Gasteiger partial charge on any atom is 0.416 e. The summed E-state index contributed by atoms with van der Waals surface area (Å²) in [4.78, 5) is 21.1. The summed E-state index contributed by atoms with van der Waals surface area (Å²) in [5.74, 6) is 1.24. The van der Waals surface area contributed by atoms with Gasteiger partial charge in [0.1, 0.15) is 23.8 Å². The first-order chi connectivity index (χ1) is 17.3.